The summed E-state index contributed by atoms with van der Waals surface area (Å²) in [5.74, 6) is 0. The van der Waals surface area contributed by atoms with Crippen molar-refractivity contribution < 1.29 is 0 Å². The average molecular weight is 289 g/mol. The number of benzene rings is 1. The van der Waals surface area contributed by atoms with E-state index in [0.29, 0.717) is 12.1 Å². The molecule has 1 fully saturated rings. The van der Waals surface area contributed by atoms with Gasteiger partial charge in [-0.15, -0.1) is 0 Å². The number of hydrogen-bond acceptors (Lipinski definition) is 3. The van der Waals surface area contributed by atoms with Gasteiger partial charge in [0.05, 0.1) is 0 Å². The molecule has 1 aliphatic rings. The van der Waals surface area contributed by atoms with Gasteiger partial charge in [-0.25, -0.2) is 0 Å². The maximum absolute atomic E-state index is 3.69. The molecule has 3 nitrogen and oxygen atoms in total. The highest BCUT2D eigenvalue weighted by atomic mass is 15.1. The highest BCUT2D eigenvalue weighted by Crippen LogP contribution is 2.23. The fourth-order valence-corrected chi connectivity index (χ4v) is 3.25. The molecule has 1 heterocycles. The Hall–Kier alpha value is -1.22. The van der Waals surface area contributed by atoms with Crippen molar-refractivity contribution in [3.8, 4) is 0 Å². The topological polar surface area (TPSA) is 27.3 Å². The molecule has 0 bridgehead atoms. The highest BCUT2D eigenvalue weighted by Gasteiger charge is 2.15. The van der Waals surface area contributed by atoms with Crippen LogP contribution in [0.5, 0.6) is 0 Å². The van der Waals surface area contributed by atoms with Gasteiger partial charge < -0.3 is 15.5 Å². The van der Waals surface area contributed by atoms with Crippen LogP contribution in [0.4, 0.5) is 11.4 Å². The number of nitrogens with one attached hydrogen (secondary N) is 2. The van der Waals surface area contributed by atoms with Crippen molar-refractivity contribution in [2.75, 3.05) is 30.9 Å². The molecule has 0 aromatic heterocycles. The average Bonchev–Trinajstić information content (AvgIpc) is 2.69. The van der Waals surface area contributed by atoms with E-state index in [1.807, 2.05) is 0 Å². The Labute approximate surface area is 130 Å². The van der Waals surface area contributed by atoms with E-state index in [1.165, 1.54) is 55.6 Å². The van der Waals surface area contributed by atoms with Crippen LogP contribution in [0.3, 0.4) is 0 Å². The van der Waals surface area contributed by atoms with Crippen molar-refractivity contribution in [3.05, 3.63) is 23.8 Å². The largest absolute Gasteiger partial charge is 0.382 e. The molecule has 1 saturated heterocycles. The van der Waals surface area contributed by atoms with Crippen molar-refractivity contribution in [2.24, 2.45) is 0 Å². The van der Waals surface area contributed by atoms with Crippen LogP contribution in [0, 0.1) is 6.92 Å². The van der Waals surface area contributed by atoms with Crippen molar-refractivity contribution in [1.82, 2.24) is 5.32 Å². The standard InChI is InChI=1S/C18H31N3/c1-14-9-10-17(13-18(14)21(3)4)20-15(2)12-16-8-6-5-7-11-19-16/h9-10,13,15-16,19-20H,5-8,11-12H2,1-4H3. The first-order chi connectivity index (χ1) is 10.1. The number of aryl methyl sites for hydroxylation is 1. The van der Waals surface area contributed by atoms with E-state index in [2.05, 4.69) is 61.7 Å². The van der Waals surface area contributed by atoms with Gasteiger partial charge in [0.1, 0.15) is 0 Å². The third-order valence-corrected chi connectivity index (χ3v) is 4.40. The molecule has 0 amide bonds. The minimum absolute atomic E-state index is 0.498. The molecule has 21 heavy (non-hydrogen) atoms. The Morgan fingerprint density at radius 3 is 2.86 bits per heavy atom. The van der Waals surface area contributed by atoms with Crippen LogP contribution in [0.2, 0.25) is 0 Å². The van der Waals surface area contributed by atoms with E-state index in [4.69, 9.17) is 0 Å². The SMILES string of the molecule is Cc1ccc(NC(C)CC2CCCCCN2)cc1N(C)C. The summed E-state index contributed by atoms with van der Waals surface area (Å²) < 4.78 is 0. The Morgan fingerprint density at radius 2 is 2.10 bits per heavy atom. The van der Waals surface area contributed by atoms with E-state index < -0.39 is 0 Å². The van der Waals surface area contributed by atoms with Crippen LogP contribution >= 0.6 is 0 Å². The van der Waals surface area contributed by atoms with Gasteiger partial charge in [-0.1, -0.05) is 18.9 Å². The van der Waals surface area contributed by atoms with E-state index in [0.717, 1.165) is 0 Å². The molecule has 2 unspecified atom stereocenters. The molecule has 0 aliphatic carbocycles. The number of anilines is 2. The first kappa shape index (κ1) is 16.2. The zero-order chi connectivity index (χ0) is 15.2. The summed E-state index contributed by atoms with van der Waals surface area (Å²) in [5, 5.41) is 7.35. The van der Waals surface area contributed by atoms with Crippen LogP contribution in [0.1, 0.15) is 44.6 Å². The fraction of sp³-hybridized carbons (Fsp3) is 0.667. The Morgan fingerprint density at radius 1 is 1.29 bits per heavy atom. The van der Waals surface area contributed by atoms with Crippen molar-refractivity contribution >= 4 is 11.4 Å². The number of rotatable bonds is 5. The smallest absolute Gasteiger partial charge is 0.0411 e. The lowest BCUT2D eigenvalue weighted by Gasteiger charge is -2.23. The second-order valence-electron chi connectivity index (χ2n) is 6.68. The van der Waals surface area contributed by atoms with Crippen molar-refractivity contribution in [3.63, 3.8) is 0 Å². The van der Waals surface area contributed by atoms with Crippen LogP contribution < -0.4 is 15.5 Å². The number of nitrogens with zero attached hydrogens (tertiary/aromatic N) is 1. The molecule has 118 valence electrons. The van der Waals surface area contributed by atoms with E-state index in [-0.39, 0.29) is 0 Å². The van der Waals surface area contributed by atoms with Gasteiger partial charge >= 0.3 is 0 Å². The van der Waals surface area contributed by atoms with Gasteiger partial charge in [0.2, 0.25) is 0 Å². The zero-order valence-corrected chi connectivity index (χ0v) is 14.1. The molecule has 1 aliphatic heterocycles. The molecule has 3 heteroatoms. The van der Waals surface area contributed by atoms with Gasteiger partial charge in [-0.05, 0) is 57.4 Å². The molecule has 2 N–H and O–H groups in total. The Balaban J connectivity index is 1.92. The van der Waals surface area contributed by atoms with Crippen LogP contribution in [0.15, 0.2) is 18.2 Å². The van der Waals surface area contributed by atoms with Gasteiger partial charge in [-0.3, -0.25) is 0 Å². The number of hydrogen-bond donors (Lipinski definition) is 2. The quantitative estimate of drug-likeness (QED) is 0.863. The predicted octanol–water partition coefficient (Wildman–Crippen LogP) is 3.78. The lowest BCUT2D eigenvalue weighted by molar-refractivity contribution is 0.456. The van der Waals surface area contributed by atoms with Crippen LogP contribution in [-0.2, 0) is 0 Å². The highest BCUT2D eigenvalue weighted by molar-refractivity contribution is 5.62. The van der Waals surface area contributed by atoms with Crippen LogP contribution in [-0.4, -0.2) is 32.7 Å². The van der Waals surface area contributed by atoms with E-state index >= 15 is 0 Å². The molecule has 0 spiro atoms. The van der Waals surface area contributed by atoms with Gasteiger partial charge in [-0.2, -0.15) is 0 Å². The molecular weight excluding hydrogens is 258 g/mol. The molecule has 1 aromatic rings. The van der Waals surface area contributed by atoms with Gasteiger partial charge in [0, 0.05) is 37.6 Å². The Kier molecular flexibility index (Phi) is 5.92. The van der Waals surface area contributed by atoms with Gasteiger partial charge in [0.25, 0.3) is 0 Å². The molecule has 1 aromatic carbocycles. The van der Waals surface area contributed by atoms with Crippen molar-refractivity contribution in [2.45, 2.75) is 58.0 Å². The molecular formula is C18H31N3. The van der Waals surface area contributed by atoms with Crippen molar-refractivity contribution in [1.29, 1.82) is 0 Å². The molecule has 2 rings (SSSR count). The minimum Gasteiger partial charge on any atom is -0.382 e. The fourth-order valence-electron chi connectivity index (χ4n) is 3.25. The first-order valence-electron chi connectivity index (χ1n) is 8.34. The zero-order valence-electron chi connectivity index (χ0n) is 14.1. The second-order valence-corrected chi connectivity index (χ2v) is 6.68. The second kappa shape index (κ2) is 7.69. The summed E-state index contributed by atoms with van der Waals surface area (Å²) in [6.45, 7) is 5.65. The lowest BCUT2D eigenvalue weighted by atomic mass is 10.0. The summed E-state index contributed by atoms with van der Waals surface area (Å²) in [6, 6.07) is 7.83. The summed E-state index contributed by atoms with van der Waals surface area (Å²) in [4.78, 5) is 2.18. The normalized spacial score (nSPS) is 20.7. The molecule has 0 radical (unpaired) electrons. The maximum Gasteiger partial charge on any atom is 0.0411 e. The summed E-state index contributed by atoms with van der Waals surface area (Å²) in [6.07, 6.45) is 6.62. The Bertz CT molecular complexity index is 434. The van der Waals surface area contributed by atoms with Gasteiger partial charge in [0.15, 0.2) is 0 Å². The monoisotopic (exact) mass is 289 g/mol. The molecule has 0 saturated carbocycles. The van der Waals surface area contributed by atoms with Crippen LogP contribution in [0.25, 0.3) is 0 Å². The lowest BCUT2D eigenvalue weighted by Crippen LogP contribution is -2.33. The summed E-state index contributed by atoms with van der Waals surface area (Å²) >= 11 is 0. The third kappa shape index (κ3) is 4.92. The maximum atomic E-state index is 3.69. The predicted molar refractivity (Wildman–Crippen MR) is 93.5 cm³/mol. The third-order valence-electron chi connectivity index (χ3n) is 4.40. The minimum atomic E-state index is 0.498. The summed E-state index contributed by atoms with van der Waals surface area (Å²) in [5.41, 5.74) is 3.84. The summed E-state index contributed by atoms with van der Waals surface area (Å²) in [7, 11) is 4.20. The van der Waals surface area contributed by atoms with E-state index in [1.54, 1.807) is 0 Å². The molecule has 2 atom stereocenters. The first-order valence-corrected chi connectivity index (χ1v) is 8.34. The van der Waals surface area contributed by atoms with E-state index in [9.17, 15) is 0 Å².